The molecule has 1 unspecified atom stereocenters. The second-order valence-electron chi connectivity index (χ2n) is 6.46. The van der Waals surface area contributed by atoms with Crippen LogP contribution in [0.5, 0.6) is 0 Å². The third kappa shape index (κ3) is 12.9. The Hall–Kier alpha value is -1.30. The third-order valence-electron chi connectivity index (χ3n) is 3.12. The van der Waals surface area contributed by atoms with E-state index in [0.29, 0.717) is 19.8 Å². The molecular formula is C17H33NO5. The number of hydrogen-bond acceptors (Lipinski definition) is 5. The summed E-state index contributed by atoms with van der Waals surface area (Å²) < 4.78 is 15.6. The molecule has 1 atom stereocenters. The number of carbonyl (C=O) groups is 2. The molecule has 0 aliphatic rings. The van der Waals surface area contributed by atoms with Gasteiger partial charge in [0, 0.05) is 6.54 Å². The van der Waals surface area contributed by atoms with Crippen molar-refractivity contribution in [3.63, 3.8) is 0 Å². The number of esters is 1. The van der Waals surface area contributed by atoms with Gasteiger partial charge in [-0.15, -0.1) is 0 Å². The average molecular weight is 331 g/mol. The first kappa shape index (κ1) is 21.7. The lowest BCUT2D eigenvalue weighted by molar-refractivity contribution is -0.150. The molecule has 136 valence electrons. The van der Waals surface area contributed by atoms with Crippen LogP contribution in [-0.4, -0.2) is 44.0 Å². The molecule has 0 fully saturated rings. The second kappa shape index (κ2) is 12.2. The molecule has 0 aromatic carbocycles. The fraction of sp³-hybridized carbons (Fsp3) is 0.882. The minimum Gasteiger partial charge on any atom is -0.463 e. The van der Waals surface area contributed by atoms with Gasteiger partial charge in [0.15, 0.2) is 0 Å². The summed E-state index contributed by atoms with van der Waals surface area (Å²) in [7, 11) is 0. The molecule has 0 radical (unpaired) electrons. The van der Waals surface area contributed by atoms with Gasteiger partial charge in [0.05, 0.1) is 19.1 Å². The maximum Gasteiger partial charge on any atom is 0.407 e. The zero-order valence-corrected chi connectivity index (χ0v) is 15.3. The number of carbonyl (C=O) groups excluding carboxylic acids is 2. The van der Waals surface area contributed by atoms with Crippen LogP contribution in [0.15, 0.2) is 0 Å². The first-order valence-corrected chi connectivity index (χ1v) is 8.51. The average Bonchev–Trinajstić information content (AvgIpc) is 2.45. The van der Waals surface area contributed by atoms with Gasteiger partial charge in [-0.25, -0.2) is 4.79 Å². The fourth-order valence-electron chi connectivity index (χ4n) is 1.90. The molecule has 23 heavy (non-hydrogen) atoms. The number of ether oxygens (including phenoxy) is 3. The van der Waals surface area contributed by atoms with Gasteiger partial charge in [-0.05, 0) is 33.6 Å². The summed E-state index contributed by atoms with van der Waals surface area (Å²) in [5, 5.41) is 2.60. The summed E-state index contributed by atoms with van der Waals surface area (Å²) in [6.07, 6.45) is 3.35. The minimum atomic E-state index is -0.507. The summed E-state index contributed by atoms with van der Waals surface area (Å²) in [6.45, 7) is 10.8. The molecule has 6 heteroatoms. The molecule has 0 spiro atoms. The SMILES string of the molecule is CCCCC(CC)C(=O)OCCOCCNC(=O)OC(C)(C)C. The number of hydrogen-bond donors (Lipinski definition) is 1. The summed E-state index contributed by atoms with van der Waals surface area (Å²) in [4.78, 5) is 23.2. The number of unbranched alkanes of at least 4 members (excludes halogenated alkanes) is 1. The van der Waals surface area contributed by atoms with Gasteiger partial charge in [-0.3, -0.25) is 4.79 Å². The predicted molar refractivity (Wildman–Crippen MR) is 89.3 cm³/mol. The topological polar surface area (TPSA) is 73.9 Å². The predicted octanol–water partition coefficient (Wildman–Crippen LogP) is 3.29. The lowest BCUT2D eigenvalue weighted by Gasteiger charge is -2.19. The van der Waals surface area contributed by atoms with E-state index in [9.17, 15) is 9.59 Å². The van der Waals surface area contributed by atoms with Gasteiger partial charge in [0.2, 0.25) is 0 Å². The van der Waals surface area contributed by atoms with Crippen molar-refractivity contribution in [3.05, 3.63) is 0 Å². The van der Waals surface area contributed by atoms with Crippen LogP contribution in [-0.2, 0) is 19.0 Å². The van der Waals surface area contributed by atoms with E-state index in [2.05, 4.69) is 12.2 Å². The van der Waals surface area contributed by atoms with Crippen LogP contribution in [0.1, 0.15) is 60.3 Å². The van der Waals surface area contributed by atoms with Crippen molar-refractivity contribution >= 4 is 12.1 Å². The van der Waals surface area contributed by atoms with E-state index in [0.717, 1.165) is 25.7 Å². The molecule has 0 saturated carbocycles. The molecular weight excluding hydrogens is 298 g/mol. The third-order valence-corrected chi connectivity index (χ3v) is 3.12. The summed E-state index contributed by atoms with van der Waals surface area (Å²) in [5.74, 6) is -0.153. The lowest BCUT2D eigenvalue weighted by Crippen LogP contribution is -2.34. The van der Waals surface area contributed by atoms with Crippen molar-refractivity contribution in [3.8, 4) is 0 Å². The van der Waals surface area contributed by atoms with E-state index in [1.54, 1.807) is 0 Å². The Morgan fingerprint density at radius 1 is 1.09 bits per heavy atom. The van der Waals surface area contributed by atoms with Gasteiger partial charge < -0.3 is 19.5 Å². The van der Waals surface area contributed by atoms with Crippen molar-refractivity contribution in [1.29, 1.82) is 0 Å². The molecule has 0 aliphatic heterocycles. The lowest BCUT2D eigenvalue weighted by atomic mass is 10.00. The van der Waals surface area contributed by atoms with Gasteiger partial charge in [-0.1, -0.05) is 26.7 Å². The van der Waals surface area contributed by atoms with Gasteiger partial charge in [0.25, 0.3) is 0 Å². The van der Waals surface area contributed by atoms with Crippen molar-refractivity contribution in [2.75, 3.05) is 26.4 Å². The fourth-order valence-corrected chi connectivity index (χ4v) is 1.90. The molecule has 0 rings (SSSR count). The highest BCUT2D eigenvalue weighted by molar-refractivity contribution is 5.72. The second-order valence-corrected chi connectivity index (χ2v) is 6.46. The van der Waals surface area contributed by atoms with Gasteiger partial charge >= 0.3 is 12.1 Å². The Bertz CT molecular complexity index is 338. The molecule has 0 aromatic rings. The van der Waals surface area contributed by atoms with Crippen LogP contribution in [0, 0.1) is 5.92 Å². The molecule has 0 aliphatic carbocycles. The van der Waals surface area contributed by atoms with Crippen molar-refractivity contribution in [1.82, 2.24) is 5.32 Å². The number of rotatable bonds is 11. The Kier molecular flexibility index (Phi) is 11.5. The molecule has 1 N–H and O–H groups in total. The van der Waals surface area contributed by atoms with E-state index in [1.807, 2.05) is 27.7 Å². The molecule has 6 nitrogen and oxygen atoms in total. The molecule has 0 bridgehead atoms. The van der Waals surface area contributed by atoms with Crippen molar-refractivity contribution in [2.45, 2.75) is 65.9 Å². The monoisotopic (exact) mass is 331 g/mol. The molecule has 1 amide bonds. The maximum absolute atomic E-state index is 11.8. The number of alkyl carbamates (subject to hydrolysis) is 1. The smallest absolute Gasteiger partial charge is 0.407 e. The first-order valence-electron chi connectivity index (χ1n) is 8.51. The Morgan fingerprint density at radius 3 is 2.35 bits per heavy atom. The van der Waals surface area contributed by atoms with Crippen molar-refractivity contribution in [2.24, 2.45) is 5.92 Å². The zero-order valence-electron chi connectivity index (χ0n) is 15.3. The van der Waals surface area contributed by atoms with Gasteiger partial charge in [-0.2, -0.15) is 0 Å². The van der Waals surface area contributed by atoms with Crippen molar-refractivity contribution < 1.29 is 23.8 Å². The summed E-state index contributed by atoms with van der Waals surface area (Å²) >= 11 is 0. The molecule has 0 aromatic heterocycles. The first-order chi connectivity index (χ1) is 10.8. The highest BCUT2D eigenvalue weighted by atomic mass is 16.6. The van der Waals surface area contributed by atoms with Crippen LogP contribution >= 0.6 is 0 Å². The van der Waals surface area contributed by atoms with E-state index in [1.165, 1.54) is 0 Å². The Balaban J connectivity index is 3.62. The van der Waals surface area contributed by atoms with Crippen LogP contribution in [0.25, 0.3) is 0 Å². The summed E-state index contributed by atoms with van der Waals surface area (Å²) in [6, 6.07) is 0. The van der Waals surface area contributed by atoms with Gasteiger partial charge in [0.1, 0.15) is 12.2 Å². The number of nitrogens with one attached hydrogen (secondary N) is 1. The Labute approximate surface area is 140 Å². The normalized spacial score (nSPS) is 12.6. The number of amides is 1. The van der Waals surface area contributed by atoms with Crippen LogP contribution in [0.4, 0.5) is 4.79 Å². The standard InChI is InChI=1S/C17H33NO5/c1-6-8-9-14(7-2)15(19)22-13-12-21-11-10-18-16(20)23-17(3,4)5/h14H,6-13H2,1-5H3,(H,18,20). The maximum atomic E-state index is 11.8. The van der Waals surface area contributed by atoms with E-state index >= 15 is 0 Å². The van der Waals surface area contributed by atoms with Crippen LogP contribution in [0.3, 0.4) is 0 Å². The largest absolute Gasteiger partial charge is 0.463 e. The zero-order chi connectivity index (χ0) is 17.7. The minimum absolute atomic E-state index is 0.0104. The highest BCUT2D eigenvalue weighted by Gasteiger charge is 2.17. The summed E-state index contributed by atoms with van der Waals surface area (Å²) in [5.41, 5.74) is -0.507. The van der Waals surface area contributed by atoms with E-state index in [4.69, 9.17) is 14.2 Å². The van der Waals surface area contributed by atoms with E-state index in [-0.39, 0.29) is 18.5 Å². The van der Waals surface area contributed by atoms with Crippen LogP contribution in [0.2, 0.25) is 0 Å². The molecule has 0 saturated heterocycles. The highest BCUT2D eigenvalue weighted by Crippen LogP contribution is 2.14. The van der Waals surface area contributed by atoms with Crippen LogP contribution < -0.4 is 5.32 Å². The Morgan fingerprint density at radius 2 is 1.78 bits per heavy atom. The quantitative estimate of drug-likeness (QED) is 0.464. The van der Waals surface area contributed by atoms with E-state index < -0.39 is 11.7 Å². The molecule has 0 heterocycles.